The monoisotopic (exact) mass is 288 g/mol. The van der Waals surface area contributed by atoms with Gasteiger partial charge in [-0.25, -0.2) is 4.52 Å². The molecule has 0 aromatic carbocycles. The molecule has 0 unspecified atom stereocenters. The van der Waals surface area contributed by atoms with E-state index in [2.05, 4.69) is 36.1 Å². The zero-order valence-corrected chi connectivity index (χ0v) is 13.0. The minimum atomic E-state index is 0.250. The van der Waals surface area contributed by atoms with Crippen molar-refractivity contribution in [2.45, 2.75) is 40.0 Å². The molecule has 1 aliphatic rings. The molecule has 3 rings (SSSR count). The summed E-state index contributed by atoms with van der Waals surface area (Å²) >= 11 is 0. The molecule has 2 aromatic rings. The van der Waals surface area contributed by atoms with Crippen LogP contribution in [0.3, 0.4) is 0 Å². The zero-order valence-electron chi connectivity index (χ0n) is 13.0. The molecule has 2 aromatic heterocycles. The Balaban J connectivity index is 0.000000497. The van der Waals surface area contributed by atoms with E-state index >= 15 is 0 Å². The molecule has 0 saturated carbocycles. The highest BCUT2D eigenvalue weighted by Gasteiger charge is 2.23. The smallest absolute Gasteiger partial charge is 0.240 e. The Kier molecular flexibility index (Phi) is 4.63. The molecule has 0 bridgehead atoms. The molecule has 0 spiro atoms. The number of anilines is 1. The SMILES string of the molecule is CC1(C)CC=C(c2cccn3nc(N)nc23)CC1.CCO. The summed E-state index contributed by atoms with van der Waals surface area (Å²) in [7, 11) is 0. The van der Waals surface area contributed by atoms with Gasteiger partial charge in [0.15, 0.2) is 5.65 Å². The van der Waals surface area contributed by atoms with Crippen molar-refractivity contribution in [3.63, 3.8) is 0 Å². The third-order valence-electron chi connectivity index (χ3n) is 3.70. The molecule has 21 heavy (non-hydrogen) atoms. The van der Waals surface area contributed by atoms with Crippen LogP contribution in [-0.4, -0.2) is 26.3 Å². The van der Waals surface area contributed by atoms with Crippen LogP contribution in [0.2, 0.25) is 0 Å². The predicted octanol–water partition coefficient (Wildman–Crippen LogP) is 2.90. The number of aliphatic hydroxyl groups is 1. The summed E-state index contributed by atoms with van der Waals surface area (Å²) in [4.78, 5) is 4.31. The summed E-state index contributed by atoms with van der Waals surface area (Å²) in [6.45, 7) is 6.56. The second-order valence-electron chi connectivity index (χ2n) is 6.07. The van der Waals surface area contributed by atoms with Gasteiger partial charge in [0.25, 0.3) is 0 Å². The van der Waals surface area contributed by atoms with Gasteiger partial charge >= 0.3 is 0 Å². The van der Waals surface area contributed by atoms with Crippen molar-refractivity contribution in [2.24, 2.45) is 5.41 Å². The molecule has 114 valence electrons. The maximum absolute atomic E-state index is 7.57. The molecular formula is C16H24N4O. The van der Waals surface area contributed by atoms with Crippen molar-refractivity contribution in [3.8, 4) is 0 Å². The van der Waals surface area contributed by atoms with Gasteiger partial charge in [0.2, 0.25) is 5.95 Å². The van der Waals surface area contributed by atoms with Gasteiger partial charge < -0.3 is 10.8 Å². The molecule has 0 atom stereocenters. The van der Waals surface area contributed by atoms with E-state index in [0.29, 0.717) is 11.4 Å². The summed E-state index contributed by atoms with van der Waals surface area (Å²) in [5, 5.41) is 11.7. The summed E-state index contributed by atoms with van der Waals surface area (Å²) < 4.78 is 1.76. The first-order valence-corrected chi connectivity index (χ1v) is 7.38. The normalized spacial score (nSPS) is 17.0. The lowest BCUT2D eigenvalue weighted by Crippen LogP contribution is -2.14. The van der Waals surface area contributed by atoms with Crippen molar-refractivity contribution in [2.75, 3.05) is 12.3 Å². The zero-order chi connectivity index (χ0) is 15.5. The maximum Gasteiger partial charge on any atom is 0.240 e. The second kappa shape index (κ2) is 6.26. The number of nitrogens with zero attached hydrogens (tertiary/aromatic N) is 3. The molecule has 3 N–H and O–H groups in total. The van der Waals surface area contributed by atoms with Gasteiger partial charge in [-0.15, -0.1) is 5.10 Å². The van der Waals surface area contributed by atoms with Gasteiger partial charge in [0.1, 0.15) is 0 Å². The van der Waals surface area contributed by atoms with Crippen LogP contribution in [-0.2, 0) is 0 Å². The lowest BCUT2D eigenvalue weighted by atomic mass is 9.77. The number of nitrogen functional groups attached to an aromatic ring is 1. The van der Waals surface area contributed by atoms with Crippen molar-refractivity contribution >= 4 is 17.2 Å². The van der Waals surface area contributed by atoms with Crippen LogP contribution in [0.25, 0.3) is 11.2 Å². The molecule has 0 radical (unpaired) electrons. The van der Waals surface area contributed by atoms with Gasteiger partial charge in [-0.05, 0) is 49.3 Å². The molecule has 2 heterocycles. The number of rotatable bonds is 1. The third-order valence-corrected chi connectivity index (χ3v) is 3.70. The lowest BCUT2D eigenvalue weighted by molar-refractivity contribution is 0.318. The average Bonchev–Trinajstić information content (AvgIpc) is 2.80. The van der Waals surface area contributed by atoms with E-state index in [-0.39, 0.29) is 6.61 Å². The van der Waals surface area contributed by atoms with Crippen LogP contribution < -0.4 is 5.73 Å². The van der Waals surface area contributed by atoms with E-state index in [9.17, 15) is 0 Å². The van der Waals surface area contributed by atoms with Gasteiger partial charge in [0.05, 0.1) is 0 Å². The van der Waals surface area contributed by atoms with Gasteiger partial charge in [0, 0.05) is 18.4 Å². The fourth-order valence-corrected chi connectivity index (χ4v) is 2.49. The van der Waals surface area contributed by atoms with E-state index in [1.165, 1.54) is 12.0 Å². The Bertz CT molecular complexity index is 643. The number of allylic oxidation sites excluding steroid dienone is 2. The molecule has 0 amide bonds. The molecule has 1 aliphatic carbocycles. The van der Waals surface area contributed by atoms with Crippen LogP contribution in [0, 0.1) is 5.41 Å². The van der Waals surface area contributed by atoms with E-state index in [0.717, 1.165) is 24.1 Å². The third kappa shape index (κ3) is 3.61. The van der Waals surface area contributed by atoms with Gasteiger partial charge in [-0.1, -0.05) is 19.9 Å². The molecular weight excluding hydrogens is 264 g/mol. The van der Waals surface area contributed by atoms with Crippen LogP contribution in [0.5, 0.6) is 0 Å². The molecule has 5 nitrogen and oxygen atoms in total. The molecule has 0 aliphatic heterocycles. The predicted molar refractivity (Wildman–Crippen MR) is 85.8 cm³/mol. The van der Waals surface area contributed by atoms with Crippen molar-refractivity contribution < 1.29 is 5.11 Å². The first-order valence-electron chi connectivity index (χ1n) is 7.38. The van der Waals surface area contributed by atoms with E-state index in [4.69, 9.17) is 10.8 Å². The number of hydrogen-bond acceptors (Lipinski definition) is 4. The van der Waals surface area contributed by atoms with Crippen molar-refractivity contribution in [1.29, 1.82) is 0 Å². The Morgan fingerprint density at radius 2 is 2.14 bits per heavy atom. The lowest BCUT2D eigenvalue weighted by Gasteiger charge is -2.28. The van der Waals surface area contributed by atoms with Gasteiger partial charge in [-0.3, -0.25) is 0 Å². The Morgan fingerprint density at radius 3 is 2.76 bits per heavy atom. The van der Waals surface area contributed by atoms with Crippen LogP contribution >= 0.6 is 0 Å². The fraction of sp³-hybridized carbons (Fsp3) is 0.500. The van der Waals surface area contributed by atoms with E-state index in [1.807, 2.05) is 12.3 Å². The van der Waals surface area contributed by atoms with Crippen LogP contribution in [0.15, 0.2) is 24.4 Å². The van der Waals surface area contributed by atoms with Crippen molar-refractivity contribution in [1.82, 2.24) is 14.6 Å². The van der Waals surface area contributed by atoms with Crippen LogP contribution in [0.4, 0.5) is 5.95 Å². The second-order valence-corrected chi connectivity index (χ2v) is 6.07. The average molecular weight is 288 g/mol. The minimum Gasteiger partial charge on any atom is -0.397 e. The number of aliphatic hydroxyl groups excluding tert-OH is 1. The Morgan fingerprint density at radius 1 is 1.43 bits per heavy atom. The first-order chi connectivity index (χ1) is 9.96. The summed E-state index contributed by atoms with van der Waals surface area (Å²) in [6, 6.07) is 4.10. The van der Waals surface area contributed by atoms with Crippen LogP contribution in [0.1, 0.15) is 45.6 Å². The fourth-order valence-electron chi connectivity index (χ4n) is 2.49. The topological polar surface area (TPSA) is 76.4 Å². The minimum absolute atomic E-state index is 0.250. The number of fused-ring (bicyclic) bond motifs is 1. The highest BCUT2D eigenvalue weighted by Crippen LogP contribution is 2.38. The number of aromatic nitrogens is 3. The number of nitrogens with two attached hydrogens (primary N) is 1. The summed E-state index contributed by atoms with van der Waals surface area (Å²) in [6.07, 6.45) is 7.65. The Hall–Kier alpha value is -1.88. The molecule has 0 saturated heterocycles. The highest BCUT2D eigenvalue weighted by atomic mass is 16.2. The summed E-state index contributed by atoms with van der Waals surface area (Å²) in [5.74, 6) is 0.333. The Labute approximate surface area is 125 Å². The first kappa shape index (κ1) is 15.5. The summed E-state index contributed by atoms with van der Waals surface area (Å²) in [5.41, 5.74) is 9.48. The largest absolute Gasteiger partial charge is 0.397 e. The molecule has 5 heteroatoms. The highest BCUT2D eigenvalue weighted by molar-refractivity contribution is 5.76. The number of hydrogen-bond donors (Lipinski definition) is 2. The van der Waals surface area contributed by atoms with E-state index in [1.54, 1.807) is 11.4 Å². The maximum atomic E-state index is 7.57. The molecule has 0 fully saturated rings. The van der Waals surface area contributed by atoms with Crippen molar-refractivity contribution in [3.05, 3.63) is 30.0 Å². The van der Waals surface area contributed by atoms with E-state index < -0.39 is 0 Å². The quantitative estimate of drug-likeness (QED) is 0.846. The van der Waals surface area contributed by atoms with Gasteiger partial charge in [-0.2, -0.15) is 4.98 Å². The number of pyridine rings is 1. The standard InChI is InChI=1S/C14H18N4.C2H6O/c1-14(2)7-5-10(6-8-14)11-4-3-9-18-12(11)16-13(15)17-18;1-2-3/h3-5,9H,6-8H2,1-2H3,(H2,15,17);3H,2H2,1H3.